The second-order valence-corrected chi connectivity index (χ2v) is 4.77. The fraction of sp³-hybridized carbons (Fsp3) is 0.462. The van der Waals surface area contributed by atoms with Crippen molar-refractivity contribution in [3.8, 4) is 0 Å². The van der Waals surface area contributed by atoms with Crippen LogP contribution in [0.1, 0.15) is 38.4 Å². The summed E-state index contributed by atoms with van der Waals surface area (Å²) in [6.07, 6.45) is 1.13. The van der Waals surface area contributed by atoms with Crippen LogP contribution < -0.4 is 0 Å². The molecule has 1 N–H and O–H groups in total. The molecule has 80 valence electrons. The van der Waals surface area contributed by atoms with Gasteiger partial charge in [0.25, 0.3) is 0 Å². The molecule has 0 spiro atoms. The second-order valence-electron chi connectivity index (χ2n) is 4.77. The van der Waals surface area contributed by atoms with Gasteiger partial charge in [0.15, 0.2) is 0 Å². The van der Waals surface area contributed by atoms with Crippen molar-refractivity contribution >= 4 is 10.9 Å². The first kappa shape index (κ1) is 10.2. The zero-order valence-electron chi connectivity index (χ0n) is 9.89. The largest absolute Gasteiger partial charge is 0.277 e. The van der Waals surface area contributed by atoms with Gasteiger partial charge in [0.2, 0.25) is 0 Å². The molecule has 0 aliphatic heterocycles. The molecule has 1 aromatic carbocycles. The van der Waals surface area contributed by atoms with E-state index in [1.54, 1.807) is 0 Å². The van der Waals surface area contributed by atoms with Gasteiger partial charge >= 0.3 is 0 Å². The lowest BCUT2D eigenvalue weighted by Gasteiger charge is -2.23. The van der Waals surface area contributed by atoms with Crippen molar-refractivity contribution in [2.75, 3.05) is 0 Å². The number of aromatic amines is 1. The van der Waals surface area contributed by atoms with Gasteiger partial charge in [-0.05, 0) is 24.3 Å². The molecule has 0 fully saturated rings. The summed E-state index contributed by atoms with van der Waals surface area (Å²) in [4.78, 5) is 0. The number of aromatic nitrogens is 2. The molecule has 2 heteroatoms. The topological polar surface area (TPSA) is 28.7 Å². The molecule has 0 radical (unpaired) electrons. The Morgan fingerprint density at radius 3 is 2.73 bits per heavy atom. The average Bonchev–Trinajstić information content (AvgIpc) is 2.60. The Hall–Kier alpha value is -1.31. The van der Waals surface area contributed by atoms with Gasteiger partial charge in [-0.25, -0.2) is 0 Å². The molecule has 15 heavy (non-hydrogen) atoms. The molecule has 0 unspecified atom stereocenters. The van der Waals surface area contributed by atoms with Crippen LogP contribution in [-0.2, 0) is 5.41 Å². The minimum absolute atomic E-state index is 0.207. The third-order valence-corrected chi connectivity index (χ3v) is 3.40. The van der Waals surface area contributed by atoms with E-state index in [9.17, 15) is 0 Å². The number of aryl methyl sites for hydroxylation is 1. The van der Waals surface area contributed by atoms with Gasteiger partial charge in [-0.15, -0.1) is 0 Å². The molecule has 0 atom stereocenters. The number of H-pyrrole nitrogens is 1. The summed E-state index contributed by atoms with van der Waals surface area (Å²) < 4.78 is 0. The average molecular weight is 202 g/mol. The smallest absolute Gasteiger partial charge is 0.0690 e. The Morgan fingerprint density at radius 1 is 1.33 bits per heavy atom. The molecule has 0 saturated carbocycles. The molecule has 0 amide bonds. The minimum atomic E-state index is 0.207. The van der Waals surface area contributed by atoms with Gasteiger partial charge in [0.1, 0.15) is 0 Å². The highest BCUT2D eigenvalue weighted by molar-refractivity contribution is 5.84. The van der Waals surface area contributed by atoms with Crippen LogP contribution in [0.4, 0.5) is 0 Å². The summed E-state index contributed by atoms with van der Waals surface area (Å²) in [6.45, 7) is 8.82. The van der Waals surface area contributed by atoms with Crippen LogP contribution in [-0.4, -0.2) is 10.2 Å². The van der Waals surface area contributed by atoms with Crippen molar-refractivity contribution < 1.29 is 0 Å². The fourth-order valence-electron chi connectivity index (χ4n) is 1.93. The van der Waals surface area contributed by atoms with Crippen LogP contribution >= 0.6 is 0 Å². The van der Waals surface area contributed by atoms with Crippen LogP contribution in [0.25, 0.3) is 10.9 Å². The highest BCUT2D eigenvalue weighted by atomic mass is 15.1. The first-order chi connectivity index (χ1) is 7.06. The van der Waals surface area contributed by atoms with E-state index in [1.165, 1.54) is 16.5 Å². The molecule has 0 aliphatic carbocycles. The normalized spacial score (nSPS) is 12.3. The third-order valence-electron chi connectivity index (χ3n) is 3.40. The van der Waals surface area contributed by atoms with Crippen LogP contribution in [0, 0.1) is 6.92 Å². The van der Waals surface area contributed by atoms with Crippen LogP contribution in [0.2, 0.25) is 0 Å². The predicted octanol–water partition coefficient (Wildman–Crippen LogP) is 3.56. The maximum Gasteiger partial charge on any atom is 0.0690 e. The van der Waals surface area contributed by atoms with Gasteiger partial charge in [0, 0.05) is 5.39 Å². The fourth-order valence-corrected chi connectivity index (χ4v) is 1.93. The van der Waals surface area contributed by atoms with Gasteiger partial charge in [-0.2, -0.15) is 5.10 Å². The van der Waals surface area contributed by atoms with E-state index >= 15 is 0 Å². The minimum Gasteiger partial charge on any atom is -0.277 e. The SMILES string of the molecule is CCC(C)(C)c1cccc2c(C)n[nH]c12. The van der Waals surface area contributed by atoms with Crippen molar-refractivity contribution in [3.63, 3.8) is 0 Å². The van der Waals surface area contributed by atoms with Crippen LogP contribution in [0.15, 0.2) is 18.2 Å². The number of benzene rings is 1. The summed E-state index contributed by atoms with van der Waals surface area (Å²) in [5, 5.41) is 8.67. The Bertz CT molecular complexity index is 480. The molecule has 1 aromatic heterocycles. The zero-order valence-corrected chi connectivity index (χ0v) is 9.89. The molecule has 0 bridgehead atoms. The number of nitrogens with zero attached hydrogens (tertiary/aromatic N) is 1. The number of para-hydroxylation sites is 1. The lowest BCUT2D eigenvalue weighted by atomic mass is 9.81. The van der Waals surface area contributed by atoms with E-state index in [4.69, 9.17) is 0 Å². The predicted molar refractivity (Wildman–Crippen MR) is 64.1 cm³/mol. The van der Waals surface area contributed by atoms with Crippen LogP contribution in [0.5, 0.6) is 0 Å². The third kappa shape index (κ3) is 1.54. The molecule has 2 aromatic rings. The Balaban J connectivity index is 2.71. The highest BCUT2D eigenvalue weighted by Crippen LogP contribution is 2.32. The number of nitrogens with one attached hydrogen (secondary N) is 1. The molecule has 1 heterocycles. The molecule has 0 saturated heterocycles. The molecule has 2 rings (SSSR count). The molecule has 2 nitrogen and oxygen atoms in total. The Kier molecular flexibility index (Phi) is 2.29. The van der Waals surface area contributed by atoms with E-state index < -0.39 is 0 Å². The number of fused-ring (bicyclic) bond motifs is 1. The lowest BCUT2D eigenvalue weighted by molar-refractivity contribution is 0.509. The van der Waals surface area contributed by atoms with E-state index in [-0.39, 0.29) is 5.41 Å². The van der Waals surface area contributed by atoms with Gasteiger partial charge in [0.05, 0.1) is 11.2 Å². The van der Waals surface area contributed by atoms with Crippen molar-refractivity contribution in [3.05, 3.63) is 29.5 Å². The monoisotopic (exact) mass is 202 g/mol. The maximum absolute atomic E-state index is 4.28. The lowest BCUT2D eigenvalue weighted by Crippen LogP contribution is -2.15. The summed E-state index contributed by atoms with van der Waals surface area (Å²) >= 11 is 0. The van der Waals surface area contributed by atoms with Gasteiger partial charge in [-0.1, -0.05) is 39.0 Å². The summed E-state index contributed by atoms with van der Waals surface area (Å²) in [5.74, 6) is 0. The van der Waals surface area contributed by atoms with Crippen molar-refractivity contribution in [2.24, 2.45) is 0 Å². The van der Waals surface area contributed by atoms with E-state index in [0.717, 1.165) is 12.1 Å². The van der Waals surface area contributed by atoms with Gasteiger partial charge < -0.3 is 0 Å². The van der Waals surface area contributed by atoms with Crippen molar-refractivity contribution in [1.82, 2.24) is 10.2 Å². The van der Waals surface area contributed by atoms with E-state index in [1.807, 2.05) is 6.92 Å². The van der Waals surface area contributed by atoms with Crippen molar-refractivity contribution in [2.45, 2.75) is 39.5 Å². The van der Waals surface area contributed by atoms with Crippen molar-refractivity contribution in [1.29, 1.82) is 0 Å². The summed E-state index contributed by atoms with van der Waals surface area (Å²) in [7, 11) is 0. The standard InChI is InChI=1S/C13H18N2/c1-5-13(3,4)11-8-6-7-10-9(2)14-15-12(10)11/h6-8H,5H2,1-4H3,(H,14,15). The molecular weight excluding hydrogens is 184 g/mol. The summed E-state index contributed by atoms with van der Waals surface area (Å²) in [5.41, 5.74) is 3.85. The summed E-state index contributed by atoms with van der Waals surface area (Å²) in [6, 6.07) is 6.45. The maximum atomic E-state index is 4.28. The highest BCUT2D eigenvalue weighted by Gasteiger charge is 2.21. The molecular formula is C13H18N2. The van der Waals surface area contributed by atoms with E-state index in [0.29, 0.717) is 0 Å². The first-order valence-electron chi connectivity index (χ1n) is 5.50. The zero-order chi connectivity index (χ0) is 11.1. The quantitative estimate of drug-likeness (QED) is 0.792. The Morgan fingerprint density at radius 2 is 2.07 bits per heavy atom. The molecule has 0 aliphatic rings. The number of rotatable bonds is 2. The Labute approximate surface area is 90.7 Å². The first-order valence-corrected chi connectivity index (χ1v) is 5.50. The number of hydrogen-bond donors (Lipinski definition) is 1. The second kappa shape index (κ2) is 3.37. The number of hydrogen-bond acceptors (Lipinski definition) is 1. The van der Waals surface area contributed by atoms with Gasteiger partial charge in [-0.3, -0.25) is 5.10 Å². The van der Waals surface area contributed by atoms with E-state index in [2.05, 4.69) is 49.2 Å². The van der Waals surface area contributed by atoms with Crippen LogP contribution in [0.3, 0.4) is 0 Å².